The first-order valence-electron chi connectivity index (χ1n) is 6.49. The van der Waals surface area contributed by atoms with Gasteiger partial charge in [-0.2, -0.15) is 4.31 Å². The van der Waals surface area contributed by atoms with Gasteiger partial charge >= 0.3 is 0 Å². The quantitative estimate of drug-likeness (QED) is 0.765. The lowest BCUT2D eigenvalue weighted by Crippen LogP contribution is -2.40. The molecule has 0 saturated heterocycles. The lowest BCUT2D eigenvalue weighted by Gasteiger charge is -2.27. The molecule has 19 heavy (non-hydrogen) atoms. The molecule has 1 aromatic rings. The number of alkyl halides is 1. The first-order chi connectivity index (χ1) is 8.98. The number of hydrogen-bond donors (Lipinski definition) is 0. The van der Waals surface area contributed by atoms with E-state index in [9.17, 15) is 8.42 Å². The van der Waals surface area contributed by atoms with Gasteiger partial charge in [-0.05, 0) is 26.7 Å². The minimum absolute atomic E-state index is 0.108. The van der Waals surface area contributed by atoms with E-state index in [0.29, 0.717) is 23.3 Å². The Morgan fingerprint density at radius 1 is 1.37 bits per heavy atom. The molecule has 1 aliphatic carbocycles. The van der Waals surface area contributed by atoms with Gasteiger partial charge in [0, 0.05) is 17.9 Å². The number of aryl methyl sites for hydroxylation is 2. The molecule has 1 heterocycles. The molecule has 0 unspecified atom stereocenters. The van der Waals surface area contributed by atoms with Crippen molar-refractivity contribution in [1.29, 1.82) is 0 Å². The number of nitrogens with zero attached hydrogens (tertiary/aromatic N) is 2. The van der Waals surface area contributed by atoms with Gasteiger partial charge in [-0.1, -0.05) is 33.9 Å². The maximum Gasteiger partial charge on any atom is 0.248 e. The van der Waals surface area contributed by atoms with Crippen molar-refractivity contribution < 1.29 is 12.9 Å². The molecule has 0 aromatic carbocycles. The second-order valence-corrected chi connectivity index (χ2v) is 7.52. The van der Waals surface area contributed by atoms with E-state index in [1.165, 1.54) is 0 Å². The number of halogens is 1. The second kappa shape index (κ2) is 5.93. The van der Waals surface area contributed by atoms with E-state index in [2.05, 4.69) is 21.1 Å². The largest absolute Gasteiger partial charge is 0.360 e. The molecule has 0 amide bonds. The minimum Gasteiger partial charge on any atom is -0.360 e. The standard InChI is InChI=1S/C12H19BrN2O3S/c1-9-12(10(2)18-14-9)19(16,17)15(8-7-13)11-5-3-4-6-11/h11H,3-8H2,1-2H3. The summed E-state index contributed by atoms with van der Waals surface area (Å²) in [6.07, 6.45) is 4.08. The van der Waals surface area contributed by atoms with E-state index in [-0.39, 0.29) is 10.9 Å². The fourth-order valence-corrected chi connectivity index (χ4v) is 5.33. The van der Waals surface area contributed by atoms with Gasteiger partial charge in [0.2, 0.25) is 10.0 Å². The first kappa shape index (κ1) is 15.0. The van der Waals surface area contributed by atoms with E-state index in [1.807, 2.05) is 0 Å². The zero-order valence-electron chi connectivity index (χ0n) is 11.2. The molecule has 1 aliphatic rings. The van der Waals surface area contributed by atoms with Crippen LogP contribution in [-0.2, 0) is 10.0 Å². The highest BCUT2D eigenvalue weighted by Crippen LogP contribution is 2.31. The predicted molar refractivity (Wildman–Crippen MR) is 75.9 cm³/mol. The van der Waals surface area contributed by atoms with Crippen LogP contribution in [0.2, 0.25) is 0 Å². The Kier molecular flexibility index (Phi) is 4.68. The molecular formula is C12H19BrN2O3S. The van der Waals surface area contributed by atoms with Crippen molar-refractivity contribution in [3.8, 4) is 0 Å². The van der Waals surface area contributed by atoms with Gasteiger partial charge in [0.1, 0.15) is 10.6 Å². The molecule has 1 saturated carbocycles. The van der Waals surface area contributed by atoms with Crippen LogP contribution in [0.25, 0.3) is 0 Å². The van der Waals surface area contributed by atoms with Crippen molar-refractivity contribution in [2.45, 2.75) is 50.5 Å². The third-order valence-electron chi connectivity index (χ3n) is 3.57. The zero-order valence-corrected chi connectivity index (χ0v) is 13.6. The topological polar surface area (TPSA) is 63.4 Å². The maximum atomic E-state index is 12.8. The lowest BCUT2D eigenvalue weighted by molar-refractivity contribution is 0.336. The third kappa shape index (κ3) is 2.87. The van der Waals surface area contributed by atoms with Crippen LogP contribution in [0.3, 0.4) is 0 Å². The number of aromatic nitrogens is 1. The van der Waals surface area contributed by atoms with Crippen LogP contribution in [0.4, 0.5) is 0 Å². The van der Waals surface area contributed by atoms with E-state index in [1.54, 1.807) is 18.2 Å². The van der Waals surface area contributed by atoms with Crippen LogP contribution in [0.15, 0.2) is 9.42 Å². The summed E-state index contributed by atoms with van der Waals surface area (Å²) in [7, 11) is -3.52. The van der Waals surface area contributed by atoms with Crippen LogP contribution in [0.1, 0.15) is 37.1 Å². The highest BCUT2D eigenvalue weighted by atomic mass is 79.9. The SMILES string of the molecule is Cc1noc(C)c1S(=O)(=O)N(CCBr)C1CCCC1. The summed E-state index contributed by atoms with van der Waals surface area (Å²) in [6, 6.07) is 0.108. The fraction of sp³-hybridized carbons (Fsp3) is 0.750. The summed E-state index contributed by atoms with van der Waals surface area (Å²) in [5.74, 6) is 0.370. The zero-order chi connectivity index (χ0) is 14.0. The van der Waals surface area contributed by atoms with E-state index in [0.717, 1.165) is 25.7 Å². The van der Waals surface area contributed by atoms with Gasteiger partial charge in [-0.15, -0.1) is 0 Å². The highest BCUT2D eigenvalue weighted by molar-refractivity contribution is 9.09. The van der Waals surface area contributed by atoms with E-state index >= 15 is 0 Å². The Morgan fingerprint density at radius 3 is 2.47 bits per heavy atom. The average molecular weight is 351 g/mol. The van der Waals surface area contributed by atoms with E-state index < -0.39 is 10.0 Å². The summed E-state index contributed by atoms with van der Waals surface area (Å²) < 4.78 is 32.3. The fourth-order valence-electron chi connectivity index (χ4n) is 2.73. The van der Waals surface area contributed by atoms with Crippen LogP contribution >= 0.6 is 15.9 Å². The smallest absolute Gasteiger partial charge is 0.248 e. The monoisotopic (exact) mass is 350 g/mol. The summed E-state index contributed by atoms with van der Waals surface area (Å²) in [4.78, 5) is 0.236. The summed E-state index contributed by atoms with van der Waals surface area (Å²) in [5, 5.41) is 4.39. The van der Waals surface area contributed by atoms with Gasteiger partial charge in [0.25, 0.3) is 0 Å². The molecule has 0 N–H and O–H groups in total. The Bertz CT molecular complexity index is 516. The molecule has 1 fully saturated rings. The predicted octanol–water partition coefficient (Wildman–Crippen LogP) is 2.62. The summed E-state index contributed by atoms with van der Waals surface area (Å²) in [6.45, 7) is 3.80. The molecule has 0 bridgehead atoms. The van der Waals surface area contributed by atoms with Gasteiger partial charge in [-0.25, -0.2) is 8.42 Å². The molecule has 2 rings (SSSR count). The number of hydrogen-bond acceptors (Lipinski definition) is 4. The van der Waals surface area contributed by atoms with Crippen LogP contribution in [0, 0.1) is 13.8 Å². The molecule has 108 valence electrons. The normalized spacial score (nSPS) is 17.5. The molecule has 0 atom stereocenters. The number of rotatable bonds is 5. The molecule has 5 nitrogen and oxygen atoms in total. The van der Waals surface area contributed by atoms with Crippen molar-refractivity contribution in [3.05, 3.63) is 11.5 Å². The Labute approximate surface area is 122 Å². The van der Waals surface area contributed by atoms with Crippen molar-refractivity contribution >= 4 is 26.0 Å². The van der Waals surface area contributed by atoms with Gasteiger partial charge < -0.3 is 4.52 Å². The van der Waals surface area contributed by atoms with Gasteiger partial charge in [0.15, 0.2) is 5.76 Å². The van der Waals surface area contributed by atoms with Crippen molar-refractivity contribution in [3.63, 3.8) is 0 Å². The molecule has 1 aromatic heterocycles. The van der Waals surface area contributed by atoms with Crippen LogP contribution in [-0.4, -0.2) is 35.8 Å². The summed E-state index contributed by atoms with van der Waals surface area (Å²) in [5.41, 5.74) is 0.440. The molecule has 0 radical (unpaired) electrons. The molecule has 0 spiro atoms. The van der Waals surface area contributed by atoms with Crippen LogP contribution < -0.4 is 0 Å². The molecule has 7 heteroatoms. The van der Waals surface area contributed by atoms with Crippen LogP contribution in [0.5, 0.6) is 0 Å². The second-order valence-electron chi connectivity index (χ2n) is 4.90. The van der Waals surface area contributed by atoms with E-state index in [4.69, 9.17) is 4.52 Å². The van der Waals surface area contributed by atoms with Crippen molar-refractivity contribution in [2.75, 3.05) is 11.9 Å². The Morgan fingerprint density at radius 2 is 2.00 bits per heavy atom. The Hall–Kier alpha value is -0.400. The van der Waals surface area contributed by atoms with Gasteiger partial charge in [0.05, 0.1) is 0 Å². The average Bonchev–Trinajstić information content (AvgIpc) is 2.96. The minimum atomic E-state index is -3.52. The third-order valence-corrected chi connectivity index (χ3v) is 6.12. The first-order valence-corrected chi connectivity index (χ1v) is 9.05. The highest BCUT2D eigenvalue weighted by Gasteiger charge is 2.36. The van der Waals surface area contributed by atoms with Gasteiger partial charge in [-0.3, -0.25) is 0 Å². The summed E-state index contributed by atoms with van der Waals surface area (Å²) >= 11 is 3.34. The maximum absolute atomic E-state index is 12.8. The molecular weight excluding hydrogens is 332 g/mol. The Balaban J connectivity index is 2.39. The number of sulfonamides is 1. The lowest BCUT2D eigenvalue weighted by atomic mass is 10.2. The van der Waals surface area contributed by atoms with Crippen molar-refractivity contribution in [1.82, 2.24) is 9.46 Å². The molecule has 0 aliphatic heterocycles. The van der Waals surface area contributed by atoms with Crippen molar-refractivity contribution in [2.24, 2.45) is 0 Å².